The average molecular weight is 306 g/mol. The average Bonchev–Trinajstić information content (AvgIpc) is 2.08. The van der Waals surface area contributed by atoms with Crippen LogP contribution in [0.25, 0.3) is 0 Å². The number of benzene rings is 1. The molecular formula is C7H3IN2O2S. The van der Waals surface area contributed by atoms with Crippen molar-refractivity contribution in [3.05, 3.63) is 31.4 Å². The number of nitro benzene ring substituents is 1. The topological polar surface area (TPSA) is 66.9 Å². The predicted molar refractivity (Wildman–Crippen MR) is 57.8 cm³/mol. The van der Waals surface area contributed by atoms with Gasteiger partial charge in [-0.1, -0.05) is 0 Å². The third kappa shape index (κ3) is 2.10. The van der Waals surface area contributed by atoms with Gasteiger partial charge in [0, 0.05) is 14.5 Å². The Hall–Kier alpha value is -0.810. The summed E-state index contributed by atoms with van der Waals surface area (Å²) in [4.78, 5) is 10.5. The van der Waals surface area contributed by atoms with Crippen LogP contribution in [0.2, 0.25) is 0 Å². The van der Waals surface area contributed by atoms with E-state index < -0.39 is 4.92 Å². The molecule has 0 spiro atoms. The van der Waals surface area contributed by atoms with E-state index >= 15 is 0 Å². The SMILES string of the molecule is N#Cc1cc(S)c(I)cc1[N+](=O)[O-]. The molecule has 0 heterocycles. The molecule has 0 aromatic heterocycles. The Balaban J connectivity index is 3.44. The standard InChI is InChI=1S/C7H3IN2O2S/c8-5-2-6(10(11)12)4(3-9)1-7(5)13/h1-2,13H. The van der Waals surface area contributed by atoms with Gasteiger partial charge in [-0.25, -0.2) is 0 Å². The lowest BCUT2D eigenvalue weighted by Gasteiger charge is -1.98. The van der Waals surface area contributed by atoms with Crippen LogP contribution in [-0.2, 0) is 0 Å². The molecule has 0 saturated carbocycles. The Labute approximate surface area is 93.3 Å². The van der Waals surface area contributed by atoms with Crippen LogP contribution in [0.3, 0.4) is 0 Å². The van der Waals surface area contributed by atoms with Crippen molar-refractivity contribution in [1.29, 1.82) is 5.26 Å². The van der Waals surface area contributed by atoms with Crippen LogP contribution in [-0.4, -0.2) is 4.92 Å². The molecule has 0 N–H and O–H groups in total. The van der Waals surface area contributed by atoms with Gasteiger partial charge in [0.25, 0.3) is 5.69 Å². The quantitative estimate of drug-likeness (QED) is 0.375. The smallest absolute Gasteiger partial charge is 0.258 e. The summed E-state index contributed by atoms with van der Waals surface area (Å²) in [5.41, 5.74) is -0.139. The number of thiol groups is 1. The van der Waals surface area contributed by atoms with Crippen molar-refractivity contribution in [2.75, 3.05) is 0 Å². The molecule has 0 radical (unpaired) electrons. The molecule has 1 aromatic carbocycles. The molecule has 13 heavy (non-hydrogen) atoms. The van der Waals surface area contributed by atoms with Crippen molar-refractivity contribution in [1.82, 2.24) is 0 Å². The van der Waals surface area contributed by atoms with E-state index in [4.69, 9.17) is 5.26 Å². The number of halogens is 1. The maximum atomic E-state index is 10.5. The van der Waals surface area contributed by atoms with Crippen molar-refractivity contribution in [3.63, 3.8) is 0 Å². The molecule has 66 valence electrons. The molecule has 0 saturated heterocycles. The highest BCUT2D eigenvalue weighted by Crippen LogP contribution is 2.26. The van der Waals surface area contributed by atoms with Crippen LogP contribution < -0.4 is 0 Å². The second kappa shape index (κ2) is 3.93. The third-order valence-electron chi connectivity index (χ3n) is 1.38. The molecule has 0 aliphatic rings. The summed E-state index contributed by atoms with van der Waals surface area (Å²) in [5.74, 6) is 0. The van der Waals surface area contributed by atoms with Crippen molar-refractivity contribution in [2.45, 2.75) is 4.90 Å². The number of nitrogens with zero attached hydrogens (tertiary/aromatic N) is 2. The molecule has 1 rings (SSSR count). The zero-order valence-electron chi connectivity index (χ0n) is 6.19. The summed E-state index contributed by atoms with van der Waals surface area (Å²) in [6.45, 7) is 0. The number of hydrogen-bond donors (Lipinski definition) is 1. The minimum absolute atomic E-state index is 0.0374. The van der Waals surface area contributed by atoms with E-state index in [1.54, 1.807) is 6.07 Å². The summed E-state index contributed by atoms with van der Waals surface area (Å²) in [5, 5.41) is 19.1. The van der Waals surface area contributed by atoms with Crippen LogP contribution >= 0.6 is 35.2 Å². The van der Waals surface area contributed by atoms with Crippen LogP contribution in [0.4, 0.5) is 5.69 Å². The lowest BCUT2D eigenvalue weighted by Crippen LogP contribution is -1.93. The fraction of sp³-hybridized carbons (Fsp3) is 0. The van der Waals surface area contributed by atoms with Crippen molar-refractivity contribution < 1.29 is 4.92 Å². The molecule has 1 aromatic rings. The maximum absolute atomic E-state index is 10.5. The molecular weight excluding hydrogens is 303 g/mol. The molecule has 0 fully saturated rings. The molecule has 0 bridgehead atoms. The lowest BCUT2D eigenvalue weighted by molar-refractivity contribution is -0.385. The molecule has 0 aliphatic carbocycles. The summed E-state index contributed by atoms with van der Waals surface area (Å²) in [6, 6.07) is 4.48. The number of hydrogen-bond acceptors (Lipinski definition) is 4. The minimum atomic E-state index is -0.575. The van der Waals surface area contributed by atoms with Gasteiger partial charge < -0.3 is 0 Å². The van der Waals surface area contributed by atoms with Crippen LogP contribution in [0.5, 0.6) is 0 Å². The Kier molecular flexibility index (Phi) is 3.11. The molecule has 0 atom stereocenters. The van der Waals surface area contributed by atoms with Gasteiger partial charge >= 0.3 is 0 Å². The first kappa shape index (κ1) is 10.3. The van der Waals surface area contributed by atoms with E-state index in [-0.39, 0.29) is 11.3 Å². The Morgan fingerprint density at radius 1 is 1.62 bits per heavy atom. The van der Waals surface area contributed by atoms with E-state index in [9.17, 15) is 10.1 Å². The van der Waals surface area contributed by atoms with Gasteiger partial charge in [0.2, 0.25) is 0 Å². The van der Waals surface area contributed by atoms with Crippen LogP contribution in [0.15, 0.2) is 17.0 Å². The molecule has 4 nitrogen and oxygen atoms in total. The van der Waals surface area contributed by atoms with E-state index in [2.05, 4.69) is 12.6 Å². The lowest BCUT2D eigenvalue weighted by atomic mass is 10.2. The van der Waals surface area contributed by atoms with Gasteiger partial charge in [-0.2, -0.15) is 5.26 Å². The second-order valence-corrected chi connectivity index (χ2v) is 3.83. The largest absolute Gasteiger partial charge is 0.288 e. The predicted octanol–water partition coefficient (Wildman–Crippen LogP) is 2.36. The Morgan fingerprint density at radius 3 is 2.69 bits per heavy atom. The molecule has 0 unspecified atom stereocenters. The Bertz CT molecular complexity index is 414. The molecule has 6 heteroatoms. The summed E-state index contributed by atoms with van der Waals surface area (Å²) in [6.07, 6.45) is 0. The monoisotopic (exact) mass is 306 g/mol. The summed E-state index contributed by atoms with van der Waals surface area (Å²) < 4.78 is 0.659. The highest BCUT2D eigenvalue weighted by Gasteiger charge is 2.15. The van der Waals surface area contributed by atoms with Crippen molar-refractivity contribution in [2.24, 2.45) is 0 Å². The number of nitro groups is 1. The fourth-order valence-corrected chi connectivity index (χ4v) is 1.44. The zero-order chi connectivity index (χ0) is 10.0. The first-order valence-corrected chi connectivity index (χ1v) is 4.66. The zero-order valence-corrected chi connectivity index (χ0v) is 9.24. The van der Waals surface area contributed by atoms with Gasteiger partial charge in [-0.3, -0.25) is 10.1 Å². The van der Waals surface area contributed by atoms with Gasteiger partial charge in [0.05, 0.1) is 4.92 Å². The van der Waals surface area contributed by atoms with E-state index in [0.717, 1.165) is 0 Å². The molecule has 0 amide bonds. The van der Waals surface area contributed by atoms with Crippen molar-refractivity contribution >= 4 is 40.9 Å². The van der Waals surface area contributed by atoms with E-state index in [1.807, 2.05) is 22.6 Å². The van der Waals surface area contributed by atoms with Gasteiger partial charge in [-0.05, 0) is 28.7 Å². The van der Waals surface area contributed by atoms with Crippen LogP contribution in [0, 0.1) is 25.0 Å². The van der Waals surface area contributed by atoms with Crippen molar-refractivity contribution in [3.8, 4) is 6.07 Å². The van der Waals surface area contributed by atoms with Gasteiger partial charge in [0.15, 0.2) is 0 Å². The highest BCUT2D eigenvalue weighted by atomic mass is 127. The fourth-order valence-electron chi connectivity index (χ4n) is 0.792. The number of rotatable bonds is 1. The number of nitriles is 1. The first-order valence-electron chi connectivity index (χ1n) is 3.13. The highest BCUT2D eigenvalue weighted by molar-refractivity contribution is 14.1. The van der Waals surface area contributed by atoms with E-state index in [1.165, 1.54) is 12.1 Å². The maximum Gasteiger partial charge on any atom is 0.288 e. The summed E-state index contributed by atoms with van der Waals surface area (Å²) in [7, 11) is 0. The normalized spacial score (nSPS) is 9.31. The van der Waals surface area contributed by atoms with Gasteiger partial charge in [-0.15, -0.1) is 12.6 Å². The van der Waals surface area contributed by atoms with E-state index in [0.29, 0.717) is 8.47 Å². The van der Waals surface area contributed by atoms with Gasteiger partial charge in [0.1, 0.15) is 11.6 Å². The molecule has 0 aliphatic heterocycles. The second-order valence-electron chi connectivity index (χ2n) is 2.19. The van der Waals surface area contributed by atoms with Crippen LogP contribution in [0.1, 0.15) is 5.56 Å². The third-order valence-corrected chi connectivity index (χ3v) is 3.07. The Morgan fingerprint density at radius 2 is 2.23 bits per heavy atom. The first-order chi connectivity index (χ1) is 6.06. The minimum Gasteiger partial charge on any atom is -0.258 e. The summed E-state index contributed by atoms with van der Waals surface area (Å²) >= 11 is 5.98.